The van der Waals surface area contributed by atoms with E-state index in [-0.39, 0.29) is 15.7 Å². The minimum atomic E-state index is -0.423. The van der Waals surface area contributed by atoms with Gasteiger partial charge in [-0.1, -0.05) is 41.4 Å². The molecule has 1 saturated carbocycles. The van der Waals surface area contributed by atoms with Crippen LogP contribution in [0.3, 0.4) is 0 Å². The Labute approximate surface area is 181 Å². The van der Waals surface area contributed by atoms with Crippen LogP contribution in [0.1, 0.15) is 23.2 Å². The first kappa shape index (κ1) is 19.0. The number of amides is 1. The van der Waals surface area contributed by atoms with Crippen LogP contribution in [0.4, 0.5) is 5.69 Å². The summed E-state index contributed by atoms with van der Waals surface area (Å²) in [6.07, 6.45) is 4.60. The van der Waals surface area contributed by atoms with E-state index < -0.39 is 5.91 Å². The Morgan fingerprint density at radius 2 is 1.90 bits per heavy atom. The van der Waals surface area contributed by atoms with Gasteiger partial charge in [0.2, 0.25) is 12.4 Å². The van der Waals surface area contributed by atoms with Gasteiger partial charge in [-0.3, -0.25) is 4.79 Å². The van der Waals surface area contributed by atoms with E-state index in [0.717, 1.165) is 17.8 Å². The van der Waals surface area contributed by atoms with Gasteiger partial charge >= 0.3 is 0 Å². The highest BCUT2D eigenvalue weighted by Crippen LogP contribution is 2.39. The minimum absolute atomic E-state index is 0.0449. The number of hydrogen-bond acceptors (Lipinski definition) is 4. The number of nitrogens with zero attached hydrogens (tertiary/aromatic N) is 1. The number of carbonyl (C=O) groups is 1. The third kappa shape index (κ3) is 3.42. The number of hydrogen-bond donors (Lipinski definition) is 1. The SMILES string of the molecule is O=C(Nc1c(Cl)c[n+]([O-])cc1Cl)c1ccc(OCC2CC2)c2oc3ccccc3c12. The molecule has 1 fully saturated rings. The predicted molar refractivity (Wildman–Crippen MR) is 115 cm³/mol. The zero-order valence-corrected chi connectivity index (χ0v) is 17.2. The Morgan fingerprint density at radius 3 is 2.63 bits per heavy atom. The summed E-state index contributed by atoms with van der Waals surface area (Å²) in [6.45, 7) is 0.627. The molecule has 1 aliphatic rings. The Balaban J connectivity index is 1.60. The fourth-order valence-electron chi connectivity index (χ4n) is 3.40. The van der Waals surface area contributed by atoms with Crippen LogP contribution in [0.25, 0.3) is 21.9 Å². The summed E-state index contributed by atoms with van der Waals surface area (Å²) in [5.74, 6) is 0.763. The highest BCUT2D eigenvalue weighted by molar-refractivity contribution is 6.39. The number of nitrogens with one attached hydrogen (secondary N) is 1. The Hall–Kier alpha value is -2.96. The largest absolute Gasteiger partial charge is 0.619 e. The predicted octanol–water partition coefficient (Wildman–Crippen LogP) is 5.57. The number of rotatable bonds is 5. The van der Waals surface area contributed by atoms with E-state index in [9.17, 15) is 10.0 Å². The van der Waals surface area contributed by atoms with Gasteiger partial charge in [-0.25, -0.2) is 0 Å². The zero-order chi connectivity index (χ0) is 20.8. The molecule has 5 rings (SSSR count). The molecule has 8 heteroatoms. The van der Waals surface area contributed by atoms with Gasteiger partial charge in [0.15, 0.2) is 11.3 Å². The number of benzene rings is 2. The van der Waals surface area contributed by atoms with Gasteiger partial charge in [-0.2, -0.15) is 4.73 Å². The van der Waals surface area contributed by atoms with Crippen LogP contribution in [0.15, 0.2) is 53.2 Å². The lowest BCUT2D eigenvalue weighted by Crippen LogP contribution is -2.25. The van der Waals surface area contributed by atoms with Crippen molar-refractivity contribution in [3.8, 4) is 5.75 Å². The van der Waals surface area contributed by atoms with Crippen molar-refractivity contribution >= 4 is 56.7 Å². The second-order valence-corrected chi connectivity index (χ2v) is 8.13. The lowest BCUT2D eigenvalue weighted by Gasteiger charge is -2.11. The normalized spacial score (nSPS) is 13.7. The molecule has 0 atom stereocenters. The molecule has 6 nitrogen and oxygen atoms in total. The van der Waals surface area contributed by atoms with Crippen LogP contribution in [0.5, 0.6) is 5.75 Å². The van der Waals surface area contributed by atoms with E-state index in [1.54, 1.807) is 12.1 Å². The molecule has 0 bridgehead atoms. The molecular formula is C22H16Cl2N2O4. The van der Waals surface area contributed by atoms with Gasteiger partial charge < -0.3 is 19.7 Å². The smallest absolute Gasteiger partial charge is 0.256 e. The molecule has 4 aromatic rings. The van der Waals surface area contributed by atoms with E-state index >= 15 is 0 Å². The maximum Gasteiger partial charge on any atom is 0.256 e. The molecule has 30 heavy (non-hydrogen) atoms. The topological polar surface area (TPSA) is 78.4 Å². The molecule has 152 valence electrons. The van der Waals surface area contributed by atoms with Crippen molar-refractivity contribution in [1.82, 2.24) is 0 Å². The molecule has 2 aromatic carbocycles. The monoisotopic (exact) mass is 442 g/mol. The van der Waals surface area contributed by atoms with Crippen LogP contribution in [0.2, 0.25) is 10.0 Å². The zero-order valence-electron chi connectivity index (χ0n) is 15.7. The van der Waals surface area contributed by atoms with Gasteiger partial charge in [-0.15, -0.1) is 0 Å². The second kappa shape index (κ2) is 7.38. The van der Waals surface area contributed by atoms with E-state index in [1.807, 2.05) is 24.3 Å². The maximum atomic E-state index is 13.2. The number of aromatic nitrogens is 1. The number of furan rings is 1. The van der Waals surface area contributed by atoms with Crippen LogP contribution >= 0.6 is 23.2 Å². The molecule has 1 N–H and O–H groups in total. The first-order chi connectivity index (χ1) is 14.5. The number of fused-ring (bicyclic) bond motifs is 3. The summed E-state index contributed by atoms with van der Waals surface area (Å²) in [7, 11) is 0. The average Bonchev–Trinajstić information content (AvgIpc) is 3.47. The van der Waals surface area contributed by atoms with Crippen LogP contribution in [-0.2, 0) is 0 Å². The van der Waals surface area contributed by atoms with Crippen LogP contribution in [0, 0.1) is 11.1 Å². The third-order valence-corrected chi connectivity index (χ3v) is 5.68. The molecular weight excluding hydrogens is 427 g/mol. The summed E-state index contributed by atoms with van der Waals surface area (Å²) in [5.41, 5.74) is 1.74. The number of anilines is 1. The molecule has 1 aliphatic carbocycles. The van der Waals surface area contributed by atoms with Crippen molar-refractivity contribution in [2.24, 2.45) is 5.92 Å². The fraction of sp³-hybridized carbons (Fsp3) is 0.182. The molecule has 2 heterocycles. The van der Waals surface area contributed by atoms with E-state index in [0.29, 0.717) is 45.1 Å². The first-order valence-electron chi connectivity index (χ1n) is 9.47. The summed E-state index contributed by atoms with van der Waals surface area (Å²) in [6, 6.07) is 10.9. The van der Waals surface area contributed by atoms with Crippen molar-refractivity contribution in [1.29, 1.82) is 0 Å². The van der Waals surface area contributed by atoms with Crippen molar-refractivity contribution in [2.75, 3.05) is 11.9 Å². The minimum Gasteiger partial charge on any atom is -0.619 e. The first-order valence-corrected chi connectivity index (χ1v) is 10.2. The third-order valence-electron chi connectivity index (χ3n) is 5.10. The van der Waals surface area contributed by atoms with Crippen molar-refractivity contribution in [2.45, 2.75) is 12.8 Å². The molecule has 0 saturated heterocycles. The fourth-order valence-corrected chi connectivity index (χ4v) is 3.94. The van der Waals surface area contributed by atoms with Gasteiger partial charge in [0.25, 0.3) is 5.91 Å². The van der Waals surface area contributed by atoms with E-state index in [2.05, 4.69) is 5.32 Å². The quantitative estimate of drug-likeness (QED) is 0.323. The Morgan fingerprint density at radius 1 is 1.17 bits per heavy atom. The number of pyridine rings is 1. The van der Waals surface area contributed by atoms with Crippen molar-refractivity contribution in [3.05, 3.63) is 69.6 Å². The molecule has 1 amide bonds. The Kier molecular flexibility index (Phi) is 4.68. The number of ether oxygens (including phenoxy) is 1. The maximum absolute atomic E-state index is 13.2. The van der Waals surface area contributed by atoms with Crippen LogP contribution in [-0.4, -0.2) is 12.5 Å². The summed E-state index contributed by atoms with van der Waals surface area (Å²) in [4.78, 5) is 13.2. The van der Waals surface area contributed by atoms with Gasteiger partial charge in [-0.05, 0) is 37.0 Å². The van der Waals surface area contributed by atoms with Crippen molar-refractivity contribution < 1.29 is 18.7 Å². The lowest BCUT2D eigenvalue weighted by atomic mass is 10.0. The molecule has 0 aliphatic heterocycles. The van der Waals surface area contributed by atoms with Crippen LogP contribution < -0.4 is 14.8 Å². The lowest BCUT2D eigenvalue weighted by molar-refractivity contribution is -0.605. The Bertz CT molecular complexity index is 1270. The number of halogens is 2. The van der Waals surface area contributed by atoms with E-state index in [1.165, 1.54) is 12.8 Å². The molecule has 0 spiro atoms. The molecule has 0 unspecified atom stereocenters. The van der Waals surface area contributed by atoms with Crippen molar-refractivity contribution in [3.63, 3.8) is 0 Å². The van der Waals surface area contributed by atoms with Gasteiger partial charge in [0, 0.05) is 10.8 Å². The summed E-state index contributed by atoms with van der Waals surface area (Å²) in [5, 5.41) is 15.7. The van der Waals surface area contributed by atoms with Gasteiger partial charge in [0.1, 0.15) is 15.6 Å². The standard InChI is InChI=1S/C22H16Cl2N2O4/c23-15-9-26(28)10-16(24)20(15)25-22(27)14-7-8-18(29-11-12-5-6-12)21-19(14)13-3-1-2-4-17(13)30-21/h1-4,7-10,12H,5-6,11H2,(H,25,27). The molecule has 2 aromatic heterocycles. The molecule has 0 radical (unpaired) electrons. The second-order valence-electron chi connectivity index (χ2n) is 7.31. The number of carbonyl (C=O) groups excluding carboxylic acids is 1. The number of para-hydroxylation sites is 1. The van der Waals surface area contributed by atoms with E-state index in [4.69, 9.17) is 32.4 Å². The summed E-state index contributed by atoms with van der Waals surface area (Å²) >= 11 is 12.2. The highest BCUT2D eigenvalue weighted by atomic mass is 35.5. The average molecular weight is 443 g/mol. The summed E-state index contributed by atoms with van der Waals surface area (Å²) < 4.78 is 12.5. The van der Waals surface area contributed by atoms with Gasteiger partial charge in [0.05, 0.1) is 17.9 Å². The highest BCUT2D eigenvalue weighted by Gasteiger charge is 2.25.